The van der Waals surface area contributed by atoms with Crippen molar-refractivity contribution >= 4 is 28.9 Å². The summed E-state index contributed by atoms with van der Waals surface area (Å²) in [7, 11) is 1.93. The van der Waals surface area contributed by atoms with Crippen LogP contribution in [0.1, 0.15) is 21.5 Å². The van der Waals surface area contributed by atoms with E-state index in [9.17, 15) is 4.79 Å². The molecule has 0 bridgehead atoms. The minimum absolute atomic E-state index is 0.110. The van der Waals surface area contributed by atoms with E-state index in [2.05, 4.69) is 10.2 Å². The van der Waals surface area contributed by atoms with Crippen LogP contribution in [0.5, 0.6) is 0 Å². The quantitative estimate of drug-likeness (QED) is 0.516. The average molecular weight is 343 g/mol. The first-order valence-corrected chi connectivity index (χ1v) is 9.09. The zero-order chi connectivity index (χ0) is 16.4. The van der Waals surface area contributed by atoms with Gasteiger partial charge >= 0.3 is 0 Å². The van der Waals surface area contributed by atoms with E-state index in [0.29, 0.717) is 5.75 Å². The van der Waals surface area contributed by atoms with E-state index in [0.717, 1.165) is 27.0 Å². The van der Waals surface area contributed by atoms with Crippen molar-refractivity contribution in [3.8, 4) is 10.7 Å². The average Bonchev–Trinajstić information content (AvgIpc) is 3.17. The number of carbonyl (C=O) groups is 1. The van der Waals surface area contributed by atoms with Crippen molar-refractivity contribution in [2.75, 3.05) is 5.75 Å². The molecule has 3 aromatic rings. The van der Waals surface area contributed by atoms with E-state index in [-0.39, 0.29) is 5.78 Å². The number of nitrogens with zero attached hydrogens (tertiary/aromatic N) is 3. The summed E-state index contributed by atoms with van der Waals surface area (Å²) in [6.07, 6.45) is 0. The van der Waals surface area contributed by atoms with Gasteiger partial charge in [0.2, 0.25) is 0 Å². The highest BCUT2D eigenvalue weighted by Gasteiger charge is 2.14. The van der Waals surface area contributed by atoms with E-state index < -0.39 is 0 Å². The number of aryl methyl sites for hydroxylation is 2. The monoisotopic (exact) mass is 343 g/mol. The second-order valence-electron chi connectivity index (χ2n) is 5.35. The second kappa shape index (κ2) is 6.68. The Morgan fingerprint density at radius 2 is 2.04 bits per heavy atom. The number of carbonyl (C=O) groups excluding carboxylic acids is 1. The molecule has 4 nitrogen and oxygen atoms in total. The molecule has 0 aliphatic rings. The minimum atomic E-state index is 0.110. The smallest absolute Gasteiger partial charge is 0.191 e. The molecule has 0 fully saturated rings. The Morgan fingerprint density at radius 1 is 1.22 bits per heavy atom. The Hall–Kier alpha value is -1.92. The van der Waals surface area contributed by atoms with Crippen molar-refractivity contribution in [3.63, 3.8) is 0 Å². The Balaban J connectivity index is 1.71. The first-order chi connectivity index (χ1) is 11.1. The van der Waals surface area contributed by atoms with Gasteiger partial charge in [0.05, 0.1) is 10.6 Å². The van der Waals surface area contributed by atoms with Crippen LogP contribution >= 0.6 is 23.1 Å². The van der Waals surface area contributed by atoms with Gasteiger partial charge < -0.3 is 4.57 Å². The summed E-state index contributed by atoms with van der Waals surface area (Å²) in [6, 6.07) is 9.84. The number of hydrogen-bond acceptors (Lipinski definition) is 5. The molecule has 118 valence electrons. The number of thioether (sulfide) groups is 1. The number of aromatic nitrogens is 3. The molecule has 0 aliphatic carbocycles. The molecule has 0 atom stereocenters. The third-order valence-electron chi connectivity index (χ3n) is 3.74. The van der Waals surface area contributed by atoms with Crippen LogP contribution in [0.25, 0.3) is 10.7 Å². The molecule has 2 heterocycles. The fraction of sp³-hybridized carbons (Fsp3) is 0.235. The van der Waals surface area contributed by atoms with Gasteiger partial charge in [0.25, 0.3) is 0 Å². The Morgan fingerprint density at radius 3 is 2.74 bits per heavy atom. The van der Waals surface area contributed by atoms with Crippen LogP contribution in [0.15, 0.2) is 40.9 Å². The highest BCUT2D eigenvalue weighted by molar-refractivity contribution is 7.99. The summed E-state index contributed by atoms with van der Waals surface area (Å²) in [4.78, 5) is 13.4. The van der Waals surface area contributed by atoms with Gasteiger partial charge in [0.15, 0.2) is 16.8 Å². The molecule has 2 aromatic heterocycles. The number of benzene rings is 1. The number of thiophene rings is 1. The molecule has 0 saturated carbocycles. The van der Waals surface area contributed by atoms with Crippen molar-refractivity contribution in [1.82, 2.24) is 14.8 Å². The molecule has 0 saturated heterocycles. The van der Waals surface area contributed by atoms with Crippen molar-refractivity contribution in [2.24, 2.45) is 7.05 Å². The lowest BCUT2D eigenvalue weighted by molar-refractivity contribution is 0.102. The highest BCUT2D eigenvalue weighted by Crippen LogP contribution is 2.26. The van der Waals surface area contributed by atoms with Crippen LogP contribution in [-0.4, -0.2) is 26.3 Å². The molecule has 0 radical (unpaired) electrons. The molecule has 0 amide bonds. The van der Waals surface area contributed by atoms with Crippen LogP contribution in [0.2, 0.25) is 0 Å². The number of ketones is 1. The van der Waals surface area contributed by atoms with Gasteiger partial charge in [-0.25, -0.2) is 0 Å². The summed E-state index contributed by atoms with van der Waals surface area (Å²) >= 11 is 3.05. The molecular weight excluding hydrogens is 326 g/mol. The third-order valence-corrected chi connectivity index (χ3v) is 5.62. The van der Waals surface area contributed by atoms with E-state index in [1.54, 1.807) is 11.3 Å². The lowest BCUT2D eigenvalue weighted by Gasteiger charge is -2.05. The molecule has 23 heavy (non-hydrogen) atoms. The van der Waals surface area contributed by atoms with Gasteiger partial charge in [-0.1, -0.05) is 30.0 Å². The topological polar surface area (TPSA) is 47.8 Å². The fourth-order valence-corrected chi connectivity index (χ4v) is 3.74. The zero-order valence-electron chi connectivity index (χ0n) is 13.2. The fourth-order valence-electron chi connectivity index (χ4n) is 2.19. The summed E-state index contributed by atoms with van der Waals surface area (Å²) in [5.41, 5.74) is 3.09. The maximum atomic E-state index is 12.4. The van der Waals surface area contributed by atoms with Gasteiger partial charge in [-0.15, -0.1) is 21.5 Å². The lowest BCUT2D eigenvalue weighted by atomic mass is 10.0. The van der Waals surface area contributed by atoms with Crippen LogP contribution in [-0.2, 0) is 7.05 Å². The molecule has 6 heteroatoms. The molecule has 1 aromatic carbocycles. The number of rotatable bonds is 5. The summed E-state index contributed by atoms with van der Waals surface area (Å²) in [5, 5.41) is 11.2. The third kappa shape index (κ3) is 3.38. The Labute approximate surface area is 143 Å². The van der Waals surface area contributed by atoms with Gasteiger partial charge in [-0.3, -0.25) is 4.79 Å². The van der Waals surface area contributed by atoms with E-state index >= 15 is 0 Å². The number of hydrogen-bond donors (Lipinski definition) is 0. The van der Waals surface area contributed by atoms with Crippen molar-refractivity contribution in [2.45, 2.75) is 19.0 Å². The van der Waals surface area contributed by atoms with Gasteiger partial charge in [-0.2, -0.15) is 0 Å². The van der Waals surface area contributed by atoms with Gasteiger partial charge in [0.1, 0.15) is 0 Å². The largest absolute Gasteiger partial charge is 0.304 e. The van der Waals surface area contributed by atoms with Gasteiger partial charge in [0, 0.05) is 12.6 Å². The normalized spacial score (nSPS) is 10.9. The molecule has 0 unspecified atom stereocenters. The van der Waals surface area contributed by atoms with Crippen LogP contribution in [0.4, 0.5) is 0 Å². The first kappa shape index (κ1) is 16.0. The molecular formula is C17H17N3OS2. The Kier molecular flexibility index (Phi) is 4.63. The predicted octanol–water partition coefficient (Wildman–Crippen LogP) is 4.14. The second-order valence-corrected chi connectivity index (χ2v) is 7.24. The SMILES string of the molecule is Cc1ccc(C(=O)CSc2nnc(-c3cccs3)n2C)cc1C. The molecule has 0 aliphatic heterocycles. The summed E-state index contributed by atoms with van der Waals surface area (Å²) in [5.74, 6) is 1.30. The van der Waals surface area contributed by atoms with E-state index in [4.69, 9.17) is 0 Å². The zero-order valence-corrected chi connectivity index (χ0v) is 14.9. The van der Waals surface area contributed by atoms with Crippen molar-refractivity contribution < 1.29 is 4.79 Å². The summed E-state index contributed by atoms with van der Waals surface area (Å²) in [6.45, 7) is 4.07. The summed E-state index contributed by atoms with van der Waals surface area (Å²) < 4.78 is 1.93. The highest BCUT2D eigenvalue weighted by atomic mass is 32.2. The first-order valence-electron chi connectivity index (χ1n) is 7.23. The van der Waals surface area contributed by atoms with Gasteiger partial charge in [-0.05, 0) is 42.5 Å². The molecule has 0 N–H and O–H groups in total. The van der Waals surface area contributed by atoms with Crippen molar-refractivity contribution in [1.29, 1.82) is 0 Å². The standard InChI is InChI=1S/C17H17N3OS2/c1-11-6-7-13(9-12(11)2)14(21)10-23-17-19-18-16(20(17)3)15-5-4-8-22-15/h4-9H,10H2,1-3H3. The maximum Gasteiger partial charge on any atom is 0.191 e. The van der Waals surface area contributed by atoms with E-state index in [1.165, 1.54) is 17.3 Å². The lowest BCUT2D eigenvalue weighted by Crippen LogP contribution is -2.04. The van der Waals surface area contributed by atoms with E-state index in [1.807, 2.05) is 61.2 Å². The van der Waals surface area contributed by atoms with Crippen LogP contribution < -0.4 is 0 Å². The minimum Gasteiger partial charge on any atom is -0.304 e. The number of Topliss-reactive ketones (excluding diaryl/α,β-unsaturated/α-hetero) is 1. The van der Waals surface area contributed by atoms with Crippen molar-refractivity contribution in [3.05, 3.63) is 52.4 Å². The van der Waals surface area contributed by atoms with Crippen LogP contribution in [0, 0.1) is 13.8 Å². The predicted molar refractivity (Wildman–Crippen MR) is 95.3 cm³/mol. The van der Waals surface area contributed by atoms with Crippen LogP contribution in [0.3, 0.4) is 0 Å². The maximum absolute atomic E-state index is 12.4. The Bertz CT molecular complexity index is 838. The molecule has 3 rings (SSSR count). The molecule has 0 spiro atoms.